The Hall–Kier alpha value is -1.52. The van der Waals surface area contributed by atoms with Gasteiger partial charge < -0.3 is 15.7 Å². The standard InChI is InChI=1S/C14H24N2O3/c1-10(2)11-6-3-4-7-12(11)16-14(19)15-9-5-8-13(17)18/h5,8,10-12H,3-4,6-7,9H2,1-2H3,(H,17,18)(H2,15,16,19)/b8-5+. The molecule has 0 radical (unpaired) electrons. The molecule has 1 fully saturated rings. The van der Waals surface area contributed by atoms with Gasteiger partial charge in [-0.25, -0.2) is 9.59 Å². The summed E-state index contributed by atoms with van der Waals surface area (Å²) in [7, 11) is 0. The van der Waals surface area contributed by atoms with Gasteiger partial charge in [-0.1, -0.05) is 32.8 Å². The molecule has 2 unspecified atom stereocenters. The molecule has 5 nitrogen and oxygen atoms in total. The van der Waals surface area contributed by atoms with Crippen LogP contribution in [-0.2, 0) is 4.79 Å². The first-order valence-electron chi connectivity index (χ1n) is 6.94. The molecule has 1 saturated carbocycles. The number of carboxylic acids is 1. The van der Waals surface area contributed by atoms with Crippen molar-refractivity contribution in [1.29, 1.82) is 0 Å². The third kappa shape index (κ3) is 5.77. The van der Waals surface area contributed by atoms with Crippen LogP contribution in [0.25, 0.3) is 0 Å². The highest BCUT2D eigenvalue weighted by atomic mass is 16.4. The fourth-order valence-corrected chi connectivity index (χ4v) is 2.67. The van der Waals surface area contributed by atoms with E-state index in [0.717, 1.165) is 18.9 Å². The van der Waals surface area contributed by atoms with E-state index in [4.69, 9.17) is 5.11 Å². The maximum atomic E-state index is 11.7. The van der Waals surface area contributed by atoms with Crippen molar-refractivity contribution in [2.24, 2.45) is 11.8 Å². The van der Waals surface area contributed by atoms with Crippen LogP contribution in [-0.4, -0.2) is 29.7 Å². The van der Waals surface area contributed by atoms with Crippen molar-refractivity contribution < 1.29 is 14.7 Å². The Labute approximate surface area is 114 Å². The van der Waals surface area contributed by atoms with Gasteiger partial charge in [-0.3, -0.25) is 0 Å². The maximum absolute atomic E-state index is 11.7. The van der Waals surface area contributed by atoms with Gasteiger partial charge in [-0.15, -0.1) is 0 Å². The van der Waals surface area contributed by atoms with Gasteiger partial charge in [0.25, 0.3) is 0 Å². The van der Waals surface area contributed by atoms with E-state index < -0.39 is 5.97 Å². The third-order valence-electron chi connectivity index (χ3n) is 3.63. The molecule has 0 spiro atoms. The van der Waals surface area contributed by atoms with Crippen molar-refractivity contribution in [3.8, 4) is 0 Å². The summed E-state index contributed by atoms with van der Waals surface area (Å²) < 4.78 is 0. The van der Waals surface area contributed by atoms with Crippen LogP contribution in [0.15, 0.2) is 12.2 Å². The van der Waals surface area contributed by atoms with E-state index >= 15 is 0 Å². The first-order valence-corrected chi connectivity index (χ1v) is 6.94. The Morgan fingerprint density at radius 3 is 2.63 bits per heavy atom. The van der Waals surface area contributed by atoms with Crippen LogP contribution < -0.4 is 10.6 Å². The Balaban J connectivity index is 2.35. The predicted octanol–water partition coefficient (Wildman–Crippen LogP) is 2.14. The number of carboxylic acid groups (broad SMARTS) is 1. The van der Waals surface area contributed by atoms with Crippen LogP contribution in [0.4, 0.5) is 4.79 Å². The summed E-state index contributed by atoms with van der Waals surface area (Å²) in [5.41, 5.74) is 0. The van der Waals surface area contributed by atoms with Crippen molar-refractivity contribution in [1.82, 2.24) is 10.6 Å². The van der Waals surface area contributed by atoms with Crippen LogP contribution in [0.2, 0.25) is 0 Å². The fraction of sp³-hybridized carbons (Fsp3) is 0.714. The molecule has 0 bridgehead atoms. The van der Waals surface area contributed by atoms with E-state index in [1.807, 2.05) is 0 Å². The molecule has 1 aliphatic rings. The lowest BCUT2D eigenvalue weighted by Crippen LogP contribution is -2.48. The number of rotatable bonds is 5. The van der Waals surface area contributed by atoms with Crippen molar-refractivity contribution in [2.45, 2.75) is 45.6 Å². The average Bonchev–Trinajstić information content (AvgIpc) is 2.35. The summed E-state index contributed by atoms with van der Waals surface area (Å²) in [5.74, 6) is 0.0981. The number of carbonyl (C=O) groups is 2. The molecule has 2 atom stereocenters. The summed E-state index contributed by atoms with van der Waals surface area (Å²) in [6, 6.07) is 0.0183. The molecule has 19 heavy (non-hydrogen) atoms. The summed E-state index contributed by atoms with van der Waals surface area (Å²) >= 11 is 0. The van der Waals surface area contributed by atoms with Crippen molar-refractivity contribution in [3.05, 3.63) is 12.2 Å². The van der Waals surface area contributed by atoms with E-state index in [2.05, 4.69) is 24.5 Å². The average molecular weight is 268 g/mol. The largest absolute Gasteiger partial charge is 0.478 e. The summed E-state index contributed by atoms with van der Waals surface area (Å²) in [4.78, 5) is 22.0. The van der Waals surface area contributed by atoms with Crippen LogP contribution >= 0.6 is 0 Å². The number of hydrogen-bond acceptors (Lipinski definition) is 2. The van der Waals surface area contributed by atoms with Gasteiger partial charge in [0, 0.05) is 18.7 Å². The van der Waals surface area contributed by atoms with Crippen molar-refractivity contribution in [2.75, 3.05) is 6.54 Å². The quantitative estimate of drug-likeness (QED) is 0.668. The van der Waals surface area contributed by atoms with Gasteiger partial charge in [-0.05, 0) is 24.7 Å². The number of aliphatic carboxylic acids is 1. The summed E-state index contributed by atoms with van der Waals surface area (Å²) in [6.07, 6.45) is 7.04. The third-order valence-corrected chi connectivity index (χ3v) is 3.63. The maximum Gasteiger partial charge on any atom is 0.328 e. The zero-order valence-electron chi connectivity index (χ0n) is 11.7. The molecule has 0 aliphatic heterocycles. The monoisotopic (exact) mass is 268 g/mol. The summed E-state index contributed by atoms with van der Waals surface area (Å²) in [5, 5.41) is 14.1. The Kier molecular flexibility index (Phi) is 6.39. The minimum atomic E-state index is -1.01. The molecule has 2 amide bonds. The van der Waals surface area contributed by atoms with E-state index in [1.54, 1.807) is 0 Å². The molecule has 0 saturated heterocycles. The first-order chi connectivity index (χ1) is 9.00. The van der Waals surface area contributed by atoms with Gasteiger partial charge >= 0.3 is 12.0 Å². The number of hydrogen-bond donors (Lipinski definition) is 3. The Morgan fingerprint density at radius 2 is 2.00 bits per heavy atom. The Bertz CT molecular complexity index is 340. The number of amides is 2. The van der Waals surface area contributed by atoms with E-state index in [0.29, 0.717) is 11.8 Å². The molecule has 3 N–H and O–H groups in total. The SMILES string of the molecule is CC(C)C1CCCCC1NC(=O)NC/C=C/C(=O)O. The van der Waals surface area contributed by atoms with Gasteiger partial charge in [0.1, 0.15) is 0 Å². The second kappa shape index (κ2) is 7.81. The molecular formula is C14H24N2O3. The minimum absolute atomic E-state index is 0.215. The van der Waals surface area contributed by atoms with Crippen LogP contribution in [0.3, 0.4) is 0 Å². The lowest BCUT2D eigenvalue weighted by atomic mass is 9.78. The molecule has 1 aliphatic carbocycles. The molecule has 108 valence electrons. The highest BCUT2D eigenvalue weighted by molar-refractivity contribution is 5.80. The highest BCUT2D eigenvalue weighted by Gasteiger charge is 2.28. The topological polar surface area (TPSA) is 78.4 Å². The number of nitrogens with one attached hydrogen (secondary N) is 2. The molecule has 0 heterocycles. The number of carbonyl (C=O) groups excluding carboxylic acids is 1. The zero-order chi connectivity index (χ0) is 14.3. The summed E-state index contributed by atoms with van der Waals surface area (Å²) in [6.45, 7) is 4.62. The highest BCUT2D eigenvalue weighted by Crippen LogP contribution is 2.29. The van der Waals surface area contributed by atoms with Gasteiger partial charge in [0.15, 0.2) is 0 Å². The minimum Gasteiger partial charge on any atom is -0.478 e. The first kappa shape index (κ1) is 15.5. The van der Waals surface area contributed by atoms with E-state index in [1.165, 1.54) is 18.9 Å². The molecule has 0 aromatic heterocycles. The molecule has 1 rings (SSSR count). The molecule has 5 heteroatoms. The van der Waals surface area contributed by atoms with Crippen LogP contribution in [0.1, 0.15) is 39.5 Å². The lowest BCUT2D eigenvalue weighted by molar-refractivity contribution is -0.131. The van der Waals surface area contributed by atoms with Crippen LogP contribution in [0.5, 0.6) is 0 Å². The van der Waals surface area contributed by atoms with Crippen molar-refractivity contribution in [3.63, 3.8) is 0 Å². The smallest absolute Gasteiger partial charge is 0.328 e. The lowest BCUT2D eigenvalue weighted by Gasteiger charge is -2.34. The van der Waals surface area contributed by atoms with Crippen molar-refractivity contribution >= 4 is 12.0 Å². The molecule has 0 aromatic carbocycles. The Morgan fingerprint density at radius 1 is 1.32 bits per heavy atom. The molecule has 0 aromatic rings. The van der Waals surface area contributed by atoms with E-state index in [-0.39, 0.29) is 18.6 Å². The molecular weight excluding hydrogens is 244 g/mol. The van der Waals surface area contributed by atoms with Gasteiger partial charge in [0.05, 0.1) is 0 Å². The second-order valence-corrected chi connectivity index (χ2v) is 5.39. The van der Waals surface area contributed by atoms with Gasteiger partial charge in [-0.2, -0.15) is 0 Å². The fourth-order valence-electron chi connectivity index (χ4n) is 2.67. The van der Waals surface area contributed by atoms with Crippen LogP contribution in [0, 0.1) is 11.8 Å². The van der Waals surface area contributed by atoms with Gasteiger partial charge in [0.2, 0.25) is 0 Å². The predicted molar refractivity (Wildman–Crippen MR) is 73.9 cm³/mol. The zero-order valence-corrected chi connectivity index (χ0v) is 11.7. The number of urea groups is 1. The second-order valence-electron chi connectivity index (χ2n) is 5.39. The normalized spacial score (nSPS) is 23.5. The van der Waals surface area contributed by atoms with E-state index in [9.17, 15) is 9.59 Å².